The van der Waals surface area contributed by atoms with Crippen molar-refractivity contribution in [1.82, 2.24) is 0 Å². The van der Waals surface area contributed by atoms with E-state index >= 15 is 0 Å². The van der Waals surface area contributed by atoms with Crippen LogP contribution in [0.25, 0.3) is 0 Å². The molecular weight excluding hydrogens is 452 g/mol. The minimum atomic E-state index is -5.36. The number of phosphoric acid groups is 4. The van der Waals surface area contributed by atoms with Crippen molar-refractivity contribution in [1.29, 1.82) is 0 Å². The van der Waals surface area contributed by atoms with E-state index in [1.807, 2.05) is 0 Å². The van der Waals surface area contributed by atoms with Crippen LogP contribution >= 0.6 is 31.3 Å². The Morgan fingerprint density at radius 1 is 0.538 bits per heavy atom. The van der Waals surface area contributed by atoms with Crippen molar-refractivity contribution < 1.29 is 75.5 Å². The topological polar surface area (TPSA) is 267 Å². The van der Waals surface area contributed by atoms with E-state index in [9.17, 15) is 18.3 Å². The molecule has 1 saturated carbocycles. The summed E-state index contributed by atoms with van der Waals surface area (Å²) in [4.78, 5) is 70.9. The normalized spacial score (nSPS) is 28.9. The number of rotatable bonds is 8. The predicted octanol–water partition coefficient (Wildman–Crippen LogP) is -1.31. The van der Waals surface area contributed by atoms with Crippen molar-refractivity contribution in [2.24, 2.45) is 0 Å². The molecule has 1 fully saturated rings. The Kier molecular flexibility index (Phi) is 7.94. The Hall–Kier alpha value is 0.440. The molecule has 20 heteroatoms. The zero-order chi connectivity index (χ0) is 20.6. The molecule has 0 aromatic carbocycles. The van der Waals surface area contributed by atoms with Gasteiger partial charge in [0.25, 0.3) is 0 Å². The second kappa shape index (κ2) is 8.44. The SMILES string of the molecule is O=P(O)(O)OC1CC(OP(=O)(O)O)C(OP(=O)(O)O)[C@@H](OP(=O)(O)O)C1. The van der Waals surface area contributed by atoms with E-state index in [4.69, 9.17) is 39.1 Å². The Morgan fingerprint density at radius 2 is 0.846 bits per heavy atom. The molecule has 4 atom stereocenters. The first-order chi connectivity index (χ1) is 11.3. The first kappa shape index (κ1) is 24.5. The van der Waals surface area contributed by atoms with Gasteiger partial charge in [-0.15, -0.1) is 0 Å². The van der Waals surface area contributed by atoms with Crippen LogP contribution in [0.4, 0.5) is 0 Å². The van der Waals surface area contributed by atoms with Gasteiger partial charge in [-0.25, -0.2) is 18.3 Å². The smallest absolute Gasteiger partial charge is 0.303 e. The third kappa shape index (κ3) is 10.1. The largest absolute Gasteiger partial charge is 0.470 e. The van der Waals surface area contributed by atoms with Crippen LogP contribution in [0.15, 0.2) is 0 Å². The molecule has 0 heterocycles. The molecule has 0 aromatic rings. The summed E-state index contributed by atoms with van der Waals surface area (Å²) in [5.41, 5.74) is 0. The van der Waals surface area contributed by atoms with Crippen molar-refractivity contribution in [2.75, 3.05) is 0 Å². The first-order valence-corrected chi connectivity index (χ1v) is 12.4. The van der Waals surface area contributed by atoms with Crippen LogP contribution < -0.4 is 0 Å². The van der Waals surface area contributed by atoms with Crippen molar-refractivity contribution in [2.45, 2.75) is 37.3 Å². The van der Waals surface area contributed by atoms with Crippen LogP contribution in [0.3, 0.4) is 0 Å². The summed E-state index contributed by atoms with van der Waals surface area (Å²) in [6.45, 7) is 0. The molecule has 0 amide bonds. The number of hydrogen-bond acceptors (Lipinski definition) is 8. The van der Waals surface area contributed by atoms with Gasteiger partial charge in [-0.3, -0.25) is 18.1 Å². The fourth-order valence-corrected chi connectivity index (χ4v) is 4.52. The van der Waals surface area contributed by atoms with Gasteiger partial charge in [-0.1, -0.05) is 0 Å². The second-order valence-electron chi connectivity index (χ2n) is 5.02. The Bertz CT molecular complexity index is 632. The van der Waals surface area contributed by atoms with Crippen LogP contribution in [0, 0.1) is 0 Å². The summed E-state index contributed by atoms with van der Waals surface area (Å²) in [7, 11) is -21.2. The first-order valence-electron chi connectivity index (χ1n) is 6.30. The lowest BCUT2D eigenvalue weighted by atomic mass is 9.90. The highest BCUT2D eigenvalue weighted by Crippen LogP contribution is 2.51. The van der Waals surface area contributed by atoms with E-state index in [0.717, 1.165) is 0 Å². The molecule has 0 radical (unpaired) electrons. The molecule has 3 unspecified atom stereocenters. The zero-order valence-corrected chi connectivity index (χ0v) is 15.9. The van der Waals surface area contributed by atoms with Gasteiger partial charge in [0, 0.05) is 12.8 Å². The van der Waals surface area contributed by atoms with E-state index in [2.05, 4.69) is 18.1 Å². The highest BCUT2D eigenvalue weighted by Gasteiger charge is 2.49. The lowest BCUT2D eigenvalue weighted by molar-refractivity contribution is -0.104. The second-order valence-corrected chi connectivity index (χ2v) is 9.79. The lowest BCUT2D eigenvalue weighted by Crippen LogP contribution is -2.49. The average Bonchev–Trinajstić information content (AvgIpc) is 2.25. The molecule has 1 aliphatic carbocycles. The molecule has 0 spiro atoms. The van der Waals surface area contributed by atoms with E-state index in [-0.39, 0.29) is 0 Å². The number of hydrogen-bond donors (Lipinski definition) is 8. The third-order valence-corrected chi connectivity index (χ3v) is 5.00. The summed E-state index contributed by atoms with van der Waals surface area (Å²) < 4.78 is 61.1. The Balaban J connectivity index is 3.22. The molecule has 8 N–H and O–H groups in total. The zero-order valence-electron chi connectivity index (χ0n) is 12.4. The van der Waals surface area contributed by atoms with Crippen molar-refractivity contribution in [3.05, 3.63) is 0 Å². The van der Waals surface area contributed by atoms with Crippen molar-refractivity contribution in [3.8, 4) is 0 Å². The quantitative estimate of drug-likeness (QED) is 0.192. The molecular formula is C6H16O16P4. The minimum Gasteiger partial charge on any atom is -0.303 e. The van der Waals surface area contributed by atoms with Crippen LogP contribution in [0.2, 0.25) is 0 Å². The van der Waals surface area contributed by atoms with Gasteiger partial charge in [0.2, 0.25) is 0 Å². The summed E-state index contributed by atoms with van der Waals surface area (Å²) in [5, 5.41) is 0. The maximum Gasteiger partial charge on any atom is 0.470 e. The van der Waals surface area contributed by atoms with E-state index < -0.39 is 68.5 Å². The average molecular weight is 468 g/mol. The molecule has 0 aromatic heterocycles. The van der Waals surface area contributed by atoms with Crippen LogP contribution in [0.1, 0.15) is 12.8 Å². The van der Waals surface area contributed by atoms with Gasteiger partial charge in [-0.2, -0.15) is 0 Å². The fourth-order valence-electron chi connectivity index (χ4n) is 2.26. The van der Waals surface area contributed by atoms with E-state index in [1.54, 1.807) is 0 Å². The van der Waals surface area contributed by atoms with Crippen LogP contribution in [-0.4, -0.2) is 63.6 Å². The Labute approximate surface area is 145 Å². The maximum atomic E-state index is 11.0. The highest BCUT2D eigenvalue weighted by atomic mass is 31.2. The molecule has 0 aliphatic heterocycles. The van der Waals surface area contributed by atoms with Crippen LogP contribution in [-0.2, 0) is 36.4 Å². The van der Waals surface area contributed by atoms with Gasteiger partial charge in [0.1, 0.15) is 18.3 Å². The fraction of sp³-hybridized carbons (Fsp3) is 1.00. The molecule has 16 nitrogen and oxygen atoms in total. The van der Waals surface area contributed by atoms with Crippen molar-refractivity contribution in [3.63, 3.8) is 0 Å². The van der Waals surface area contributed by atoms with Crippen molar-refractivity contribution >= 4 is 31.3 Å². The lowest BCUT2D eigenvalue weighted by Gasteiger charge is -2.40. The monoisotopic (exact) mass is 468 g/mol. The minimum absolute atomic E-state index is 0.762. The standard InChI is InChI=1S/C6H16O16P4/c7-23(8,9)19-3-1-4(20-24(10,11)12)6(22-26(16,17)18)5(2-3)21-25(13,14)15/h3-6H,1-2H2,(H2,7,8,9)(H2,10,11,12)(H2,13,14,15)(H2,16,17,18)/t3?,4-,5?,6?/m0/s1. The maximum absolute atomic E-state index is 11.0. The number of phosphoric ester groups is 4. The predicted molar refractivity (Wildman–Crippen MR) is 76.9 cm³/mol. The molecule has 1 rings (SSSR count). The van der Waals surface area contributed by atoms with Gasteiger partial charge in [0.15, 0.2) is 0 Å². The molecule has 0 bridgehead atoms. The summed E-state index contributed by atoms with van der Waals surface area (Å²) in [5.74, 6) is 0. The van der Waals surface area contributed by atoms with E-state index in [1.165, 1.54) is 0 Å². The molecule has 156 valence electrons. The van der Waals surface area contributed by atoms with Gasteiger partial charge >= 0.3 is 31.3 Å². The summed E-state index contributed by atoms with van der Waals surface area (Å²) >= 11 is 0. The summed E-state index contributed by atoms with van der Waals surface area (Å²) in [6, 6.07) is 0. The summed E-state index contributed by atoms with van der Waals surface area (Å²) in [6.07, 6.45) is -9.27. The highest BCUT2D eigenvalue weighted by molar-refractivity contribution is 7.47. The third-order valence-electron chi connectivity index (χ3n) is 2.81. The molecule has 0 saturated heterocycles. The van der Waals surface area contributed by atoms with Gasteiger partial charge in [-0.05, 0) is 0 Å². The van der Waals surface area contributed by atoms with Crippen LogP contribution in [0.5, 0.6) is 0 Å². The van der Waals surface area contributed by atoms with Gasteiger partial charge in [0.05, 0.1) is 6.10 Å². The van der Waals surface area contributed by atoms with E-state index in [0.29, 0.717) is 0 Å². The van der Waals surface area contributed by atoms with Gasteiger partial charge < -0.3 is 39.1 Å². The molecule has 1 aliphatic rings. The molecule has 26 heavy (non-hydrogen) atoms. The Morgan fingerprint density at radius 3 is 1.12 bits per heavy atom.